The molecule has 0 aliphatic heterocycles. The molecule has 94 valence electrons. The second kappa shape index (κ2) is 6.66. The third kappa shape index (κ3) is 3.93. The summed E-state index contributed by atoms with van der Waals surface area (Å²) in [7, 11) is 0. The molecule has 0 radical (unpaired) electrons. The summed E-state index contributed by atoms with van der Waals surface area (Å²) in [5.41, 5.74) is 2.27. The van der Waals surface area contributed by atoms with Gasteiger partial charge in [0.2, 0.25) is 0 Å². The third-order valence-corrected chi connectivity index (χ3v) is 3.39. The van der Waals surface area contributed by atoms with Gasteiger partial charge in [-0.1, -0.05) is 36.4 Å². The molecule has 0 aliphatic rings. The fourth-order valence-electron chi connectivity index (χ4n) is 1.76. The summed E-state index contributed by atoms with van der Waals surface area (Å²) in [5.74, 6) is -0.211. The first kappa shape index (κ1) is 13.2. The van der Waals surface area contributed by atoms with Crippen LogP contribution < -0.4 is 5.32 Å². The first-order valence-corrected chi connectivity index (χ1v) is 6.73. The molecule has 0 saturated heterocycles. The SMILES string of the molecule is Fc1cc(CNCCc2ccccc2)ccc1Br. The summed E-state index contributed by atoms with van der Waals surface area (Å²) in [5, 5.41) is 3.31. The van der Waals surface area contributed by atoms with Gasteiger partial charge in [-0.25, -0.2) is 4.39 Å². The van der Waals surface area contributed by atoms with Crippen LogP contribution in [0.4, 0.5) is 4.39 Å². The van der Waals surface area contributed by atoms with Crippen LogP contribution in [-0.4, -0.2) is 6.54 Å². The molecule has 0 aliphatic carbocycles. The van der Waals surface area contributed by atoms with Crippen LogP contribution in [0.2, 0.25) is 0 Å². The van der Waals surface area contributed by atoms with Gasteiger partial charge in [-0.05, 0) is 52.2 Å². The maximum atomic E-state index is 13.3. The molecule has 0 aromatic heterocycles. The summed E-state index contributed by atoms with van der Waals surface area (Å²) in [6, 6.07) is 15.5. The Morgan fingerprint density at radius 1 is 1.00 bits per heavy atom. The van der Waals surface area contributed by atoms with Gasteiger partial charge in [-0.15, -0.1) is 0 Å². The first-order chi connectivity index (χ1) is 8.75. The Labute approximate surface area is 115 Å². The van der Waals surface area contributed by atoms with Crippen molar-refractivity contribution >= 4 is 15.9 Å². The van der Waals surface area contributed by atoms with Crippen LogP contribution in [0.5, 0.6) is 0 Å². The van der Waals surface area contributed by atoms with Crippen LogP contribution in [0.25, 0.3) is 0 Å². The predicted octanol–water partition coefficient (Wildman–Crippen LogP) is 3.92. The largest absolute Gasteiger partial charge is 0.312 e. The van der Waals surface area contributed by atoms with Gasteiger partial charge in [-0.2, -0.15) is 0 Å². The lowest BCUT2D eigenvalue weighted by atomic mass is 10.1. The van der Waals surface area contributed by atoms with Crippen LogP contribution >= 0.6 is 15.9 Å². The van der Waals surface area contributed by atoms with Crippen molar-refractivity contribution in [1.29, 1.82) is 0 Å². The summed E-state index contributed by atoms with van der Waals surface area (Å²) in [4.78, 5) is 0. The van der Waals surface area contributed by atoms with Crippen molar-refractivity contribution in [3.05, 3.63) is 69.9 Å². The summed E-state index contributed by atoms with van der Waals surface area (Å²) >= 11 is 3.15. The average Bonchev–Trinajstić information content (AvgIpc) is 2.40. The highest BCUT2D eigenvalue weighted by Gasteiger charge is 2.00. The van der Waals surface area contributed by atoms with Crippen molar-refractivity contribution in [3.63, 3.8) is 0 Å². The fourth-order valence-corrected chi connectivity index (χ4v) is 2.01. The zero-order chi connectivity index (χ0) is 12.8. The third-order valence-electron chi connectivity index (χ3n) is 2.75. The molecule has 0 bridgehead atoms. The highest BCUT2D eigenvalue weighted by molar-refractivity contribution is 9.10. The van der Waals surface area contributed by atoms with Gasteiger partial charge in [-0.3, -0.25) is 0 Å². The number of halogens is 2. The van der Waals surface area contributed by atoms with E-state index in [1.165, 1.54) is 5.56 Å². The Balaban J connectivity index is 1.77. The molecule has 1 N–H and O–H groups in total. The van der Waals surface area contributed by atoms with Gasteiger partial charge >= 0.3 is 0 Å². The van der Waals surface area contributed by atoms with Crippen LogP contribution in [0.1, 0.15) is 11.1 Å². The highest BCUT2D eigenvalue weighted by Crippen LogP contribution is 2.16. The Bertz CT molecular complexity index is 499. The molecule has 1 nitrogen and oxygen atoms in total. The molecule has 0 unspecified atom stereocenters. The van der Waals surface area contributed by atoms with Gasteiger partial charge in [0.05, 0.1) is 4.47 Å². The topological polar surface area (TPSA) is 12.0 Å². The molecule has 2 aromatic carbocycles. The summed E-state index contributed by atoms with van der Waals surface area (Å²) in [6.07, 6.45) is 0.986. The van der Waals surface area contributed by atoms with Crippen LogP contribution in [0, 0.1) is 5.82 Å². The normalized spacial score (nSPS) is 10.6. The minimum absolute atomic E-state index is 0.211. The average molecular weight is 308 g/mol. The van der Waals surface area contributed by atoms with E-state index in [1.807, 2.05) is 24.3 Å². The molecular weight excluding hydrogens is 293 g/mol. The minimum Gasteiger partial charge on any atom is -0.312 e. The summed E-state index contributed by atoms with van der Waals surface area (Å²) in [6.45, 7) is 1.58. The van der Waals surface area contributed by atoms with E-state index in [1.54, 1.807) is 12.1 Å². The highest BCUT2D eigenvalue weighted by atomic mass is 79.9. The molecule has 0 amide bonds. The van der Waals surface area contributed by atoms with Crippen molar-refractivity contribution in [3.8, 4) is 0 Å². The maximum absolute atomic E-state index is 13.3. The lowest BCUT2D eigenvalue weighted by Gasteiger charge is -2.06. The predicted molar refractivity (Wildman–Crippen MR) is 76.0 cm³/mol. The fraction of sp³-hybridized carbons (Fsp3) is 0.200. The summed E-state index contributed by atoms with van der Waals surface area (Å²) < 4.78 is 13.8. The standard InChI is InChI=1S/C15H15BrFN/c16-14-7-6-13(10-15(14)17)11-18-9-8-12-4-2-1-3-5-12/h1-7,10,18H,8-9,11H2. The first-order valence-electron chi connectivity index (χ1n) is 5.94. The number of hydrogen-bond donors (Lipinski definition) is 1. The molecule has 18 heavy (non-hydrogen) atoms. The molecule has 2 aromatic rings. The zero-order valence-corrected chi connectivity index (χ0v) is 11.6. The van der Waals surface area contributed by atoms with Gasteiger partial charge in [0.1, 0.15) is 5.82 Å². The van der Waals surface area contributed by atoms with Crippen molar-refractivity contribution in [2.24, 2.45) is 0 Å². The van der Waals surface area contributed by atoms with Crippen molar-refractivity contribution in [2.45, 2.75) is 13.0 Å². The molecule has 0 atom stereocenters. The van der Waals surface area contributed by atoms with Gasteiger partial charge in [0.25, 0.3) is 0 Å². The Hall–Kier alpha value is -1.19. The second-order valence-corrected chi connectivity index (χ2v) is 5.02. The number of rotatable bonds is 5. The molecule has 0 heterocycles. The Morgan fingerprint density at radius 3 is 2.50 bits per heavy atom. The van der Waals surface area contributed by atoms with E-state index < -0.39 is 0 Å². The molecule has 3 heteroatoms. The molecule has 0 fully saturated rings. The maximum Gasteiger partial charge on any atom is 0.137 e. The van der Waals surface area contributed by atoms with E-state index in [4.69, 9.17) is 0 Å². The number of hydrogen-bond acceptors (Lipinski definition) is 1. The van der Waals surface area contributed by atoms with Gasteiger partial charge < -0.3 is 5.32 Å². The minimum atomic E-state index is -0.211. The molecule has 0 saturated carbocycles. The van der Waals surface area contributed by atoms with E-state index in [0.717, 1.165) is 18.5 Å². The lowest BCUT2D eigenvalue weighted by Crippen LogP contribution is -2.16. The van der Waals surface area contributed by atoms with Gasteiger partial charge in [0, 0.05) is 6.54 Å². The van der Waals surface area contributed by atoms with Crippen molar-refractivity contribution in [1.82, 2.24) is 5.32 Å². The van der Waals surface area contributed by atoms with Crippen LogP contribution in [-0.2, 0) is 13.0 Å². The Kier molecular flexibility index (Phi) is 4.90. The van der Waals surface area contributed by atoms with Crippen LogP contribution in [0.15, 0.2) is 53.0 Å². The lowest BCUT2D eigenvalue weighted by molar-refractivity contribution is 0.614. The van der Waals surface area contributed by atoms with E-state index in [2.05, 4.69) is 33.4 Å². The van der Waals surface area contributed by atoms with E-state index in [9.17, 15) is 4.39 Å². The monoisotopic (exact) mass is 307 g/mol. The van der Waals surface area contributed by atoms with Gasteiger partial charge in [0.15, 0.2) is 0 Å². The molecule has 2 rings (SSSR count). The van der Waals surface area contributed by atoms with E-state index in [0.29, 0.717) is 11.0 Å². The molecule has 0 spiro atoms. The van der Waals surface area contributed by atoms with Crippen LogP contribution in [0.3, 0.4) is 0 Å². The number of nitrogens with one attached hydrogen (secondary N) is 1. The zero-order valence-electron chi connectivity index (χ0n) is 10.00. The number of benzene rings is 2. The Morgan fingerprint density at radius 2 is 1.78 bits per heavy atom. The second-order valence-electron chi connectivity index (χ2n) is 4.16. The van der Waals surface area contributed by atoms with E-state index in [-0.39, 0.29) is 5.82 Å². The van der Waals surface area contributed by atoms with Crippen molar-refractivity contribution in [2.75, 3.05) is 6.54 Å². The smallest absolute Gasteiger partial charge is 0.137 e. The quantitative estimate of drug-likeness (QED) is 0.826. The molecular formula is C15H15BrFN. The van der Waals surface area contributed by atoms with E-state index >= 15 is 0 Å². The van der Waals surface area contributed by atoms with Crippen molar-refractivity contribution < 1.29 is 4.39 Å².